The molecule has 1 saturated heterocycles. The standard InChI is InChI=1S/C16H19N5/c17-10-15-16(13-5-1-2-6-14(13)20-21-15)19-9-7-12-4-3-8-18-11-12/h1-2,5-6,12,18H,3-4,7-9,11H2,(H,19,20). The van der Waals surface area contributed by atoms with Gasteiger partial charge in [0.05, 0.1) is 11.2 Å². The van der Waals surface area contributed by atoms with Crippen molar-refractivity contribution < 1.29 is 0 Å². The molecule has 2 N–H and O–H groups in total. The Morgan fingerprint density at radius 2 is 2.24 bits per heavy atom. The molecule has 2 aromatic rings. The minimum atomic E-state index is 0.371. The molecule has 0 saturated carbocycles. The van der Waals surface area contributed by atoms with E-state index in [4.69, 9.17) is 0 Å². The maximum atomic E-state index is 9.22. The van der Waals surface area contributed by atoms with Crippen LogP contribution in [0.3, 0.4) is 0 Å². The molecule has 1 aliphatic heterocycles. The molecule has 0 spiro atoms. The van der Waals surface area contributed by atoms with Gasteiger partial charge in [0.1, 0.15) is 6.07 Å². The Hall–Kier alpha value is -2.19. The number of piperidine rings is 1. The molecule has 1 unspecified atom stereocenters. The number of nitrogens with zero attached hydrogens (tertiary/aromatic N) is 3. The van der Waals surface area contributed by atoms with E-state index >= 15 is 0 Å². The number of rotatable bonds is 4. The Morgan fingerprint density at radius 1 is 1.33 bits per heavy atom. The lowest BCUT2D eigenvalue weighted by atomic mass is 9.96. The molecule has 21 heavy (non-hydrogen) atoms. The molecular formula is C16H19N5. The first kappa shape index (κ1) is 13.8. The Labute approximate surface area is 124 Å². The van der Waals surface area contributed by atoms with E-state index in [1.165, 1.54) is 12.8 Å². The van der Waals surface area contributed by atoms with Crippen LogP contribution in [-0.4, -0.2) is 29.8 Å². The fraction of sp³-hybridized carbons (Fsp3) is 0.438. The third-order valence-electron chi connectivity index (χ3n) is 4.03. The third kappa shape index (κ3) is 3.11. The number of nitriles is 1. The summed E-state index contributed by atoms with van der Waals surface area (Å²) in [5.41, 5.74) is 2.00. The highest BCUT2D eigenvalue weighted by Crippen LogP contribution is 2.24. The quantitative estimate of drug-likeness (QED) is 0.899. The van der Waals surface area contributed by atoms with E-state index in [1.807, 2.05) is 24.3 Å². The van der Waals surface area contributed by atoms with E-state index in [1.54, 1.807) is 0 Å². The van der Waals surface area contributed by atoms with Crippen LogP contribution in [0.1, 0.15) is 25.0 Å². The van der Waals surface area contributed by atoms with Crippen LogP contribution in [0, 0.1) is 17.2 Å². The predicted molar refractivity (Wildman–Crippen MR) is 83.0 cm³/mol. The molecule has 1 fully saturated rings. The summed E-state index contributed by atoms with van der Waals surface area (Å²) in [6.45, 7) is 3.10. The Kier molecular flexibility index (Phi) is 4.27. The first-order valence-electron chi connectivity index (χ1n) is 7.48. The highest BCUT2D eigenvalue weighted by atomic mass is 15.1. The highest BCUT2D eigenvalue weighted by molar-refractivity contribution is 5.92. The molecule has 108 valence electrons. The molecule has 5 heteroatoms. The van der Waals surface area contributed by atoms with Crippen molar-refractivity contribution in [3.63, 3.8) is 0 Å². The zero-order valence-corrected chi connectivity index (χ0v) is 12.0. The molecule has 5 nitrogen and oxygen atoms in total. The van der Waals surface area contributed by atoms with E-state index in [0.717, 1.165) is 48.6 Å². The maximum absolute atomic E-state index is 9.22. The van der Waals surface area contributed by atoms with Crippen LogP contribution >= 0.6 is 0 Å². The van der Waals surface area contributed by atoms with Crippen molar-refractivity contribution >= 4 is 16.6 Å². The summed E-state index contributed by atoms with van der Waals surface area (Å²) in [6.07, 6.45) is 3.65. The summed E-state index contributed by atoms with van der Waals surface area (Å²) in [4.78, 5) is 0. The number of benzene rings is 1. The van der Waals surface area contributed by atoms with Crippen molar-refractivity contribution in [3.8, 4) is 6.07 Å². The van der Waals surface area contributed by atoms with E-state index in [-0.39, 0.29) is 0 Å². The van der Waals surface area contributed by atoms with Gasteiger partial charge in [-0.25, -0.2) is 0 Å². The van der Waals surface area contributed by atoms with Crippen LogP contribution in [0.25, 0.3) is 10.9 Å². The molecule has 0 radical (unpaired) electrons. The first-order valence-corrected chi connectivity index (χ1v) is 7.48. The normalized spacial score (nSPS) is 18.3. The predicted octanol–water partition coefficient (Wildman–Crippen LogP) is 2.30. The van der Waals surface area contributed by atoms with E-state index < -0.39 is 0 Å². The zero-order chi connectivity index (χ0) is 14.5. The largest absolute Gasteiger partial charge is 0.382 e. The minimum absolute atomic E-state index is 0.371. The lowest BCUT2D eigenvalue weighted by molar-refractivity contribution is 0.364. The van der Waals surface area contributed by atoms with Crippen molar-refractivity contribution in [2.45, 2.75) is 19.3 Å². The second-order valence-corrected chi connectivity index (χ2v) is 5.48. The topological polar surface area (TPSA) is 73.6 Å². The first-order chi connectivity index (χ1) is 10.4. The summed E-state index contributed by atoms with van der Waals surface area (Å²) < 4.78 is 0. The Bertz CT molecular complexity index is 655. The van der Waals surface area contributed by atoms with Gasteiger partial charge in [0.25, 0.3) is 0 Å². The molecule has 0 aliphatic carbocycles. The second kappa shape index (κ2) is 6.51. The van der Waals surface area contributed by atoms with Gasteiger partial charge in [0, 0.05) is 11.9 Å². The van der Waals surface area contributed by atoms with Crippen LogP contribution in [0.2, 0.25) is 0 Å². The van der Waals surface area contributed by atoms with Crippen LogP contribution in [0.15, 0.2) is 24.3 Å². The van der Waals surface area contributed by atoms with Gasteiger partial charge >= 0.3 is 0 Å². The van der Waals surface area contributed by atoms with Gasteiger partial charge < -0.3 is 10.6 Å². The molecule has 3 rings (SSSR count). The summed E-state index contributed by atoms with van der Waals surface area (Å²) in [6, 6.07) is 9.92. The molecule has 1 aromatic carbocycles. The molecule has 2 heterocycles. The van der Waals surface area contributed by atoms with Gasteiger partial charge in [-0.1, -0.05) is 18.2 Å². The van der Waals surface area contributed by atoms with Crippen LogP contribution in [0.5, 0.6) is 0 Å². The fourth-order valence-corrected chi connectivity index (χ4v) is 2.88. The SMILES string of the molecule is N#Cc1nnc2ccccc2c1NCCC1CCCNC1. The monoisotopic (exact) mass is 281 g/mol. The smallest absolute Gasteiger partial charge is 0.186 e. The van der Waals surface area contributed by atoms with Gasteiger partial charge in [-0.2, -0.15) is 5.26 Å². The molecule has 0 amide bonds. The average Bonchev–Trinajstić information content (AvgIpc) is 2.56. The molecule has 0 bridgehead atoms. The number of fused-ring (bicyclic) bond motifs is 1. The molecular weight excluding hydrogens is 262 g/mol. The number of hydrogen-bond donors (Lipinski definition) is 2. The van der Waals surface area contributed by atoms with Crippen LogP contribution in [0.4, 0.5) is 5.69 Å². The van der Waals surface area contributed by atoms with Crippen molar-refractivity contribution in [1.29, 1.82) is 5.26 Å². The summed E-state index contributed by atoms with van der Waals surface area (Å²) in [5, 5.41) is 25.1. The van der Waals surface area contributed by atoms with Gasteiger partial charge in [0.2, 0.25) is 0 Å². The zero-order valence-electron chi connectivity index (χ0n) is 12.0. The van der Waals surface area contributed by atoms with Crippen LogP contribution in [-0.2, 0) is 0 Å². The van der Waals surface area contributed by atoms with Crippen molar-refractivity contribution in [2.75, 3.05) is 25.0 Å². The lowest BCUT2D eigenvalue weighted by Gasteiger charge is -2.23. The minimum Gasteiger partial charge on any atom is -0.382 e. The van der Waals surface area contributed by atoms with Gasteiger partial charge in [-0.15, -0.1) is 10.2 Å². The van der Waals surface area contributed by atoms with Gasteiger partial charge in [-0.05, 0) is 44.3 Å². The van der Waals surface area contributed by atoms with E-state index in [0.29, 0.717) is 5.69 Å². The summed E-state index contributed by atoms with van der Waals surface area (Å²) in [7, 11) is 0. The van der Waals surface area contributed by atoms with E-state index in [9.17, 15) is 5.26 Å². The lowest BCUT2D eigenvalue weighted by Crippen LogP contribution is -2.30. The van der Waals surface area contributed by atoms with Gasteiger partial charge in [0.15, 0.2) is 5.69 Å². The molecule has 1 aliphatic rings. The Morgan fingerprint density at radius 3 is 3.05 bits per heavy atom. The van der Waals surface area contributed by atoms with Crippen molar-refractivity contribution in [1.82, 2.24) is 15.5 Å². The summed E-state index contributed by atoms with van der Waals surface area (Å²) in [5.74, 6) is 0.720. The third-order valence-corrected chi connectivity index (χ3v) is 4.03. The van der Waals surface area contributed by atoms with Crippen molar-refractivity contribution in [3.05, 3.63) is 30.0 Å². The van der Waals surface area contributed by atoms with Gasteiger partial charge in [-0.3, -0.25) is 0 Å². The highest BCUT2D eigenvalue weighted by Gasteiger charge is 2.14. The Balaban J connectivity index is 1.74. The average molecular weight is 281 g/mol. The number of nitrogens with one attached hydrogen (secondary N) is 2. The molecule has 1 atom stereocenters. The molecule has 1 aromatic heterocycles. The van der Waals surface area contributed by atoms with Crippen LogP contribution < -0.4 is 10.6 Å². The van der Waals surface area contributed by atoms with E-state index in [2.05, 4.69) is 26.9 Å². The second-order valence-electron chi connectivity index (χ2n) is 5.48. The fourth-order valence-electron chi connectivity index (χ4n) is 2.88. The van der Waals surface area contributed by atoms with Crippen molar-refractivity contribution in [2.24, 2.45) is 5.92 Å². The maximum Gasteiger partial charge on any atom is 0.186 e. The number of anilines is 1. The number of aromatic nitrogens is 2. The summed E-state index contributed by atoms with van der Waals surface area (Å²) >= 11 is 0. The number of hydrogen-bond acceptors (Lipinski definition) is 5.